The lowest BCUT2D eigenvalue weighted by atomic mass is 10.0. The summed E-state index contributed by atoms with van der Waals surface area (Å²) in [5, 5.41) is -0.443. The Labute approximate surface area is 164 Å². The normalized spacial score (nSPS) is 17.3. The Morgan fingerprint density at radius 3 is 2.48 bits per heavy atom. The van der Waals surface area contributed by atoms with Crippen LogP contribution in [0.1, 0.15) is 30.1 Å². The number of ether oxygens (including phenoxy) is 2. The summed E-state index contributed by atoms with van der Waals surface area (Å²) in [5.74, 6) is 1.28. The number of methoxy groups -OCH3 is 2. The molecule has 1 unspecified atom stereocenters. The first-order valence-corrected chi connectivity index (χ1v) is 8.93. The molecule has 1 atom stereocenters. The quantitative estimate of drug-likeness (QED) is 0.628. The largest absolute Gasteiger partial charge is 0.497 e. The molecule has 1 aliphatic heterocycles. The second-order valence-corrected chi connectivity index (χ2v) is 6.90. The number of aromatic nitrogens is 1. The molecule has 0 N–H and O–H groups in total. The summed E-state index contributed by atoms with van der Waals surface area (Å²) in [6, 6.07) is 6.23. The maximum atomic E-state index is 13.2. The third kappa shape index (κ3) is 3.89. The van der Waals surface area contributed by atoms with E-state index in [2.05, 4.69) is 4.98 Å². The van der Waals surface area contributed by atoms with E-state index in [0.717, 1.165) is 24.5 Å². The van der Waals surface area contributed by atoms with Gasteiger partial charge in [0, 0.05) is 18.2 Å². The van der Waals surface area contributed by atoms with Gasteiger partial charge in [-0.1, -0.05) is 23.2 Å². The SMILES string of the molecule is COc1ccc(C2CCCN2c2nc(C(F)(F)F)c(Cl)cc2Cl)c(OC)c1. The van der Waals surface area contributed by atoms with Gasteiger partial charge in [0.1, 0.15) is 17.3 Å². The summed E-state index contributed by atoms with van der Waals surface area (Å²) in [7, 11) is 3.08. The van der Waals surface area contributed by atoms with Crippen molar-refractivity contribution in [2.45, 2.75) is 25.1 Å². The van der Waals surface area contributed by atoms with Gasteiger partial charge in [-0.15, -0.1) is 0 Å². The number of nitrogens with zero attached hydrogens (tertiary/aromatic N) is 2. The van der Waals surface area contributed by atoms with Crippen molar-refractivity contribution >= 4 is 29.0 Å². The van der Waals surface area contributed by atoms with Gasteiger partial charge in [-0.3, -0.25) is 0 Å². The number of benzene rings is 1. The van der Waals surface area contributed by atoms with E-state index in [9.17, 15) is 13.2 Å². The van der Waals surface area contributed by atoms with Crippen LogP contribution < -0.4 is 14.4 Å². The second kappa shape index (κ2) is 7.64. The molecule has 9 heteroatoms. The van der Waals surface area contributed by atoms with Crippen LogP contribution in [0.4, 0.5) is 19.0 Å². The number of rotatable bonds is 4. The van der Waals surface area contributed by atoms with Gasteiger partial charge in [0.15, 0.2) is 5.69 Å². The minimum atomic E-state index is -4.66. The van der Waals surface area contributed by atoms with E-state index in [1.165, 1.54) is 7.11 Å². The van der Waals surface area contributed by atoms with Crippen molar-refractivity contribution in [3.8, 4) is 11.5 Å². The van der Waals surface area contributed by atoms with Crippen LogP contribution in [0.2, 0.25) is 10.0 Å². The maximum absolute atomic E-state index is 13.2. The van der Waals surface area contributed by atoms with Gasteiger partial charge < -0.3 is 14.4 Å². The average Bonchev–Trinajstić information content (AvgIpc) is 3.09. The lowest BCUT2D eigenvalue weighted by Crippen LogP contribution is -2.25. The van der Waals surface area contributed by atoms with E-state index in [1.807, 2.05) is 6.07 Å². The average molecular weight is 421 g/mol. The molecule has 146 valence electrons. The molecule has 2 heterocycles. The first-order valence-electron chi connectivity index (χ1n) is 8.18. The molecule has 3 rings (SSSR count). The summed E-state index contributed by atoms with van der Waals surface area (Å²) in [5.41, 5.74) is -0.312. The molecule has 1 saturated heterocycles. The van der Waals surface area contributed by atoms with Gasteiger partial charge in [0.25, 0.3) is 0 Å². The molecule has 0 aliphatic carbocycles. The zero-order valence-electron chi connectivity index (χ0n) is 14.6. The number of hydrogen-bond acceptors (Lipinski definition) is 4. The topological polar surface area (TPSA) is 34.6 Å². The number of halogens is 5. The van der Waals surface area contributed by atoms with Crippen molar-refractivity contribution in [3.05, 3.63) is 45.6 Å². The fourth-order valence-corrected chi connectivity index (χ4v) is 3.87. The van der Waals surface area contributed by atoms with Crippen LogP contribution in [-0.4, -0.2) is 25.7 Å². The van der Waals surface area contributed by atoms with Crippen LogP contribution >= 0.6 is 23.2 Å². The molecule has 0 amide bonds. The summed E-state index contributed by atoms with van der Waals surface area (Å²) >= 11 is 11.9. The Balaban J connectivity index is 2.05. The Morgan fingerprint density at radius 2 is 1.85 bits per heavy atom. The van der Waals surface area contributed by atoms with Crippen molar-refractivity contribution in [2.75, 3.05) is 25.7 Å². The molecular weight excluding hydrogens is 404 g/mol. The van der Waals surface area contributed by atoms with Gasteiger partial charge in [-0.25, -0.2) is 4.98 Å². The third-order valence-corrected chi connectivity index (χ3v) is 5.07. The molecule has 0 bridgehead atoms. The minimum absolute atomic E-state index is 0.0637. The maximum Gasteiger partial charge on any atom is 0.434 e. The zero-order valence-corrected chi connectivity index (χ0v) is 16.1. The van der Waals surface area contributed by atoms with E-state index in [-0.39, 0.29) is 16.9 Å². The highest BCUT2D eigenvalue weighted by Crippen LogP contribution is 2.44. The Bertz CT molecular complexity index is 846. The predicted molar refractivity (Wildman–Crippen MR) is 98.1 cm³/mol. The molecule has 4 nitrogen and oxygen atoms in total. The Morgan fingerprint density at radius 1 is 1.11 bits per heavy atom. The Kier molecular flexibility index (Phi) is 5.63. The standard InChI is InChI=1S/C18H17Cl2F3N2O2/c1-26-10-5-6-11(15(8-10)27-2)14-4-3-7-25(14)17-13(20)9-12(19)16(24-17)18(21,22)23/h5-6,8-9,14H,3-4,7H2,1-2H3. The summed E-state index contributed by atoms with van der Waals surface area (Å²) in [6.45, 7) is 0.519. The van der Waals surface area contributed by atoms with Gasteiger partial charge in [-0.05, 0) is 31.0 Å². The minimum Gasteiger partial charge on any atom is -0.497 e. The lowest BCUT2D eigenvalue weighted by molar-refractivity contribution is -0.141. The van der Waals surface area contributed by atoms with E-state index >= 15 is 0 Å². The first-order chi connectivity index (χ1) is 12.8. The van der Waals surface area contributed by atoms with Crippen LogP contribution in [0.5, 0.6) is 11.5 Å². The van der Waals surface area contributed by atoms with E-state index < -0.39 is 16.9 Å². The van der Waals surface area contributed by atoms with E-state index in [1.54, 1.807) is 24.1 Å². The van der Waals surface area contributed by atoms with E-state index in [4.69, 9.17) is 32.7 Å². The highest BCUT2D eigenvalue weighted by atomic mass is 35.5. The van der Waals surface area contributed by atoms with Crippen molar-refractivity contribution in [3.63, 3.8) is 0 Å². The number of anilines is 1. The molecule has 0 radical (unpaired) electrons. The van der Waals surface area contributed by atoms with Crippen LogP contribution in [0.15, 0.2) is 24.3 Å². The monoisotopic (exact) mass is 420 g/mol. The van der Waals surface area contributed by atoms with Crippen LogP contribution in [0.25, 0.3) is 0 Å². The molecule has 27 heavy (non-hydrogen) atoms. The first kappa shape index (κ1) is 19.9. The highest BCUT2D eigenvalue weighted by molar-refractivity contribution is 6.36. The van der Waals surface area contributed by atoms with Gasteiger partial charge >= 0.3 is 6.18 Å². The third-order valence-electron chi connectivity index (χ3n) is 4.50. The Hall–Kier alpha value is -1.86. The number of alkyl halides is 3. The van der Waals surface area contributed by atoms with Crippen LogP contribution in [0.3, 0.4) is 0 Å². The smallest absolute Gasteiger partial charge is 0.434 e. The van der Waals surface area contributed by atoms with E-state index in [0.29, 0.717) is 18.0 Å². The fourth-order valence-electron chi connectivity index (χ4n) is 3.29. The second-order valence-electron chi connectivity index (χ2n) is 6.08. The molecule has 1 aromatic carbocycles. The lowest BCUT2D eigenvalue weighted by Gasteiger charge is -2.29. The summed E-state index contributed by atoms with van der Waals surface area (Å²) < 4.78 is 50.3. The molecule has 0 spiro atoms. The van der Waals surface area contributed by atoms with Crippen molar-refractivity contribution in [1.82, 2.24) is 4.98 Å². The molecule has 1 aromatic heterocycles. The van der Waals surface area contributed by atoms with Crippen molar-refractivity contribution in [2.24, 2.45) is 0 Å². The molecule has 2 aromatic rings. The van der Waals surface area contributed by atoms with Crippen molar-refractivity contribution < 1.29 is 22.6 Å². The molecule has 0 saturated carbocycles. The number of hydrogen-bond donors (Lipinski definition) is 0. The predicted octanol–water partition coefficient (Wildman–Crippen LogP) is 5.77. The number of pyridine rings is 1. The van der Waals surface area contributed by atoms with Crippen molar-refractivity contribution in [1.29, 1.82) is 0 Å². The highest BCUT2D eigenvalue weighted by Gasteiger charge is 2.38. The summed E-state index contributed by atoms with van der Waals surface area (Å²) in [6.07, 6.45) is -3.16. The van der Waals surface area contributed by atoms with Gasteiger partial charge in [0.2, 0.25) is 0 Å². The zero-order chi connectivity index (χ0) is 19.8. The van der Waals surface area contributed by atoms with Gasteiger partial charge in [-0.2, -0.15) is 13.2 Å². The van der Waals surface area contributed by atoms with Gasteiger partial charge in [0.05, 0.1) is 30.3 Å². The van der Waals surface area contributed by atoms with Crippen LogP contribution in [-0.2, 0) is 6.18 Å². The molecule has 1 aliphatic rings. The summed E-state index contributed by atoms with van der Waals surface area (Å²) in [4.78, 5) is 5.52. The molecular formula is C18H17Cl2F3N2O2. The van der Waals surface area contributed by atoms with Crippen LogP contribution in [0, 0.1) is 0 Å². The fraction of sp³-hybridized carbons (Fsp3) is 0.389. The molecule has 1 fully saturated rings.